The van der Waals surface area contributed by atoms with Crippen molar-refractivity contribution in [2.45, 2.75) is 25.9 Å². The van der Waals surface area contributed by atoms with Crippen LogP contribution >= 0.6 is 0 Å². The normalized spacial score (nSPS) is 11.8. The van der Waals surface area contributed by atoms with E-state index in [4.69, 9.17) is 4.74 Å². The van der Waals surface area contributed by atoms with E-state index in [9.17, 15) is 18.7 Å². The maximum absolute atomic E-state index is 13.2. The van der Waals surface area contributed by atoms with E-state index >= 15 is 0 Å². The Kier molecular flexibility index (Phi) is 7.45. The minimum atomic E-state index is -0.784. The maximum Gasteiger partial charge on any atom is 0.314 e. The molecule has 0 saturated carbocycles. The van der Waals surface area contributed by atoms with Crippen LogP contribution in [0.2, 0.25) is 0 Å². The summed E-state index contributed by atoms with van der Waals surface area (Å²) < 4.78 is 31.0. The van der Waals surface area contributed by atoms with E-state index < -0.39 is 17.7 Å². The highest BCUT2D eigenvalue weighted by Crippen LogP contribution is 2.17. The molecule has 0 aromatic heterocycles. The van der Waals surface area contributed by atoms with Gasteiger partial charge in [0.1, 0.15) is 12.4 Å². The summed E-state index contributed by atoms with van der Waals surface area (Å²) in [5.74, 6) is -1.52. The first-order valence-electron chi connectivity index (χ1n) is 6.80. The molecule has 0 fully saturated rings. The highest BCUT2D eigenvalue weighted by Gasteiger charge is 2.05. The summed E-state index contributed by atoms with van der Waals surface area (Å²) in [6.07, 6.45) is 0.705. The van der Waals surface area contributed by atoms with Crippen LogP contribution in [0.3, 0.4) is 0 Å². The van der Waals surface area contributed by atoms with Gasteiger partial charge >= 0.3 is 6.03 Å². The fourth-order valence-electron chi connectivity index (χ4n) is 1.54. The summed E-state index contributed by atoms with van der Waals surface area (Å²) >= 11 is 0. The lowest BCUT2D eigenvalue weighted by Crippen LogP contribution is -2.38. The number of aliphatic hydroxyl groups is 1. The molecule has 0 aliphatic carbocycles. The van der Waals surface area contributed by atoms with Crippen LogP contribution in [-0.4, -0.2) is 36.9 Å². The minimum absolute atomic E-state index is 0.0631. The number of nitrogens with one attached hydrogen (secondary N) is 2. The van der Waals surface area contributed by atoms with Gasteiger partial charge in [-0.1, -0.05) is 6.92 Å². The monoisotopic (exact) mass is 302 g/mol. The van der Waals surface area contributed by atoms with E-state index in [1.54, 1.807) is 0 Å². The number of hydrogen-bond donors (Lipinski definition) is 3. The molecule has 7 heteroatoms. The Morgan fingerprint density at radius 2 is 2.05 bits per heavy atom. The van der Waals surface area contributed by atoms with Gasteiger partial charge in [0.25, 0.3) is 0 Å². The van der Waals surface area contributed by atoms with Crippen molar-refractivity contribution < 1.29 is 23.4 Å². The molecule has 1 unspecified atom stereocenters. The zero-order valence-electron chi connectivity index (χ0n) is 11.9. The topological polar surface area (TPSA) is 70.6 Å². The summed E-state index contributed by atoms with van der Waals surface area (Å²) in [4.78, 5) is 11.4. The molecule has 2 amide bonds. The van der Waals surface area contributed by atoms with Crippen molar-refractivity contribution in [2.75, 3.05) is 19.7 Å². The zero-order valence-corrected chi connectivity index (χ0v) is 11.9. The SMILES string of the molecule is CCC(O)CCNC(=O)NCCOc1ccc(F)cc1F. The summed E-state index contributed by atoms with van der Waals surface area (Å²) in [6, 6.07) is 2.63. The van der Waals surface area contributed by atoms with E-state index in [1.807, 2.05) is 6.92 Å². The molecular weight excluding hydrogens is 282 g/mol. The predicted octanol–water partition coefficient (Wildman–Crippen LogP) is 1.80. The van der Waals surface area contributed by atoms with E-state index in [2.05, 4.69) is 10.6 Å². The number of benzene rings is 1. The van der Waals surface area contributed by atoms with Crippen molar-refractivity contribution >= 4 is 6.03 Å². The Labute approximate surface area is 122 Å². The predicted molar refractivity (Wildman–Crippen MR) is 74.2 cm³/mol. The molecule has 3 N–H and O–H groups in total. The second-order valence-electron chi connectivity index (χ2n) is 4.46. The summed E-state index contributed by atoms with van der Waals surface area (Å²) in [7, 11) is 0. The average Bonchev–Trinajstić information content (AvgIpc) is 2.45. The molecule has 118 valence electrons. The number of carbonyl (C=O) groups is 1. The molecule has 1 rings (SSSR count). The Balaban J connectivity index is 2.14. The summed E-state index contributed by atoms with van der Waals surface area (Å²) in [5.41, 5.74) is 0. The standard InChI is InChI=1S/C14H20F2N2O3/c1-2-11(19)5-6-17-14(20)18-7-8-21-13-4-3-10(15)9-12(13)16/h3-4,9,11,19H,2,5-8H2,1H3,(H2,17,18,20). The lowest BCUT2D eigenvalue weighted by Gasteiger charge is -2.11. The van der Waals surface area contributed by atoms with Gasteiger partial charge in [0.15, 0.2) is 11.6 Å². The van der Waals surface area contributed by atoms with Crippen LogP contribution < -0.4 is 15.4 Å². The number of ether oxygens (including phenoxy) is 1. The lowest BCUT2D eigenvalue weighted by molar-refractivity contribution is 0.160. The highest BCUT2D eigenvalue weighted by molar-refractivity contribution is 5.73. The molecule has 1 atom stereocenters. The van der Waals surface area contributed by atoms with Crippen molar-refractivity contribution in [1.29, 1.82) is 0 Å². The van der Waals surface area contributed by atoms with E-state index in [0.29, 0.717) is 19.4 Å². The Morgan fingerprint density at radius 1 is 1.33 bits per heavy atom. The van der Waals surface area contributed by atoms with Gasteiger partial charge in [0.05, 0.1) is 12.6 Å². The van der Waals surface area contributed by atoms with Crippen LogP contribution in [0, 0.1) is 11.6 Å². The molecule has 0 spiro atoms. The average molecular weight is 302 g/mol. The molecule has 5 nitrogen and oxygen atoms in total. The highest BCUT2D eigenvalue weighted by atomic mass is 19.1. The molecule has 0 heterocycles. The number of aliphatic hydroxyl groups excluding tert-OH is 1. The molecule has 21 heavy (non-hydrogen) atoms. The van der Waals surface area contributed by atoms with Crippen molar-refractivity contribution in [1.82, 2.24) is 10.6 Å². The van der Waals surface area contributed by atoms with Gasteiger partial charge in [-0.05, 0) is 25.0 Å². The van der Waals surface area contributed by atoms with Gasteiger partial charge in [-0.2, -0.15) is 0 Å². The number of hydrogen-bond acceptors (Lipinski definition) is 3. The van der Waals surface area contributed by atoms with Crippen LogP contribution in [0.25, 0.3) is 0 Å². The largest absolute Gasteiger partial charge is 0.489 e. The quantitative estimate of drug-likeness (QED) is 0.641. The third-order valence-electron chi connectivity index (χ3n) is 2.77. The molecule has 0 aliphatic rings. The Bertz CT molecular complexity index is 458. The molecule has 0 aliphatic heterocycles. The second kappa shape index (κ2) is 9.12. The third kappa shape index (κ3) is 6.89. The Hall–Kier alpha value is -1.89. The van der Waals surface area contributed by atoms with Crippen molar-refractivity contribution in [3.63, 3.8) is 0 Å². The molecule has 0 radical (unpaired) electrons. The van der Waals surface area contributed by atoms with Crippen LogP contribution in [0.1, 0.15) is 19.8 Å². The smallest absolute Gasteiger partial charge is 0.314 e. The fourth-order valence-corrected chi connectivity index (χ4v) is 1.54. The molecule has 0 bridgehead atoms. The number of halogens is 2. The Morgan fingerprint density at radius 3 is 2.71 bits per heavy atom. The molecular formula is C14H20F2N2O3. The molecule has 1 aromatic carbocycles. The van der Waals surface area contributed by atoms with Crippen molar-refractivity contribution in [3.8, 4) is 5.75 Å². The first-order valence-corrected chi connectivity index (χ1v) is 6.80. The van der Waals surface area contributed by atoms with Gasteiger partial charge < -0.3 is 20.5 Å². The zero-order chi connectivity index (χ0) is 15.7. The number of rotatable bonds is 8. The van der Waals surface area contributed by atoms with Crippen molar-refractivity contribution in [2.24, 2.45) is 0 Å². The van der Waals surface area contributed by atoms with Gasteiger partial charge in [-0.25, -0.2) is 13.6 Å². The first kappa shape index (κ1) is 17.2. The van der Waals surface area contributed by atoms with Crippen LogP contribution in [-0.2, 0) is 0 Å². The van der Waals surface area contributed by atoms with Gasteiger partial charge in [-0.3, -0.25) is 0 Å². The summed E-state index contributed by atoms with van der Waals surface area (Å²) in [5, 5.41) is 14.4. The first-order chi connectivity index (χ1) is 10.0. The third-order valence-corrected chi connectivity index (χ3v) is 2.77. The van der Waals surface area contributed by atoms with Crippen LogP contribution in [0.4, 0.5) is 13.6 Å². The van der Waals surface area contributed by atoms with Crippen LogP contribution in [0.15, 0.2) is 18.2 Å². The van der Waals surface area contributed by atoms with Gasteiger partial charge in [0, 0.05) is 12.6 Å². The van der Waals surface area contributed by atoms with Crippen LogP contribution in [0.5, 0.6) is 5.75 Å². The molecule has 0 saturated heterocycles. The number of urea groups is 1. The van der Waals surface area contributed by atoms with E-state index in [-0.39, 0.29) is 24.9 Å². The number of amides is 2. The van der Waals surface area contributed by atoms with E-state index in [1.165, 1.54) is 6.07 Å². The number of carbonyl (C=O) groups excluding carboxylic acids is 1. The van der Waals surface area contributed by atoms with E-state index in [0.717, 1.165) is 12.1 Å². The second-order valence-corrected chi connectivity index (χ2v) is 4.46. The van der Waals surface area contributed by atoms with Gasteiger partial charge in [0.2, 0.25) is 0 Å². The summed E-state index contributed by atoms with van der Waals surface area (Å²) in [6.45, 7) is 2.47. The fraction of sp³-hybridized carbons (Fsp3) is 0.500. The lowest BCUT2D eigenvalue weighted by atomic mass is 10.2. The molecule has 1 aromatic rings. The van der Waals surface area contributed by atoms with Gasteiger partial charge in [-0.15, -0.1) is 0 Å². The van der Waals surface area contributed by atoms with Crippen molar-refractivity contribution in [3.05, 3.63) is 29.8 Å². The minimum Gasteiger partial charge on any atom is -0.489 e. The maximum atomic E-state index is 13.2.